The predicted octanol–water partition coefficient (Wildman–Crippen LogP) is 1.61. The lowest BCUT2D eigenvalue weighted by Gasteiger charge is -2.08. The highest BCUT2D eigenvalue weighted by atomic mass is 16.7. The van der Waals surface area contributed by atoms with Gasteiger partial charge in [-0.15, -0.1) is 0 Å². The predicted molar refractivity (Wildman–Crippen MR) is 76.4 cm³/mol. The van der Waals surface area contributed by atoms with Crippen LogP contribution >= 0.6 is 0 Å². The zero-order valence-electron chi connectivity index (χ0n) is 13.2. The second kappa shape index (κ2) is 13.1. The summed E-state index contributed by atoms with van der Waals surface area (Å²) in [7, 11) is 0. The summed E-state index contributed by atoms with van der Waals surface area (Å²) in [5, 5.41) is 17.8. The zero-order valence-corrected chi connectivity index (χ0v) is 13.2. The molecule has 0 saturated heterocycles. The van der Waals surface area contributed by atoms with Crippen molar-refractivity contribution in [2.75, 3.05) is 26.4 Å². The van der Waals surface area contributed by atoms with E-state index in [2.05, 4.69) is 9.47 Å². The van der Waals surface area contributed by atoms with Crippen molar-refractivity contribution in [1.29, 1.82) is 0 Å². The number of carbonyl (C=O) groups excluding carboxylic acids is 2. The summed E-state index contributed by atoms with van der Waals surface area (Å²) in [6.45, 7) is 3.35. The van der Waals surface area contributed by atoms with Crippen LogP contribution in [0, 0.1) is 0 Å². The van der Waals surface area contributed by atoms with E-state index in [0.717, 1.165) is 12.8 Å². The molecule has 2 atom stereocenters. The highest BCUT2D eigenvalue weighted by Crippen LogP contribution is 2.02. The molecule has 2 unspecified atom stereocenters. The molecule has 0 amide bonds. The van der Waals surface area contributed by atoms with Crippen LogP contribution in [0.3, 0.4) is 0 Å². The lowest BCUT2D eigenvalue weighted by molar-refractivity contribution is 0.0212. The Bertz CT molecular complexity index is 273. The summed E-state index contributed by atoms with van der Waals surface area (Å²) < 4.78 is 18.8. The fourth-order valence-corrected chi connectivity index (χ4v) is 1.33. The van der Waals surface area contributed by atoms with Gasteiger partial charge in [0.05, 0.1) is 25.4 Å². The third kappa shape index (κ3) is 14.9. The smallest absolute Gasteiger partial charge is 0.434 e. The van der Waals surface area contributed by atoms with Gasteiger partial charge in [-0.25, -0.2) is 9.59 Å². The van der Waals surface area contributed by atoms with Gasteiger partial charge in [-0.3, -0.25) is 0 Å². The summed E-state index contributed by atoms with van der Waals surface area (Å²) in [6.07, 6.45) is -0.00673. The van der Waals surface area contributed by atoms with Crippen LogP contribution in [0.25, 0.3) is 0 Å². The number of ether oxygens (including phenoxy) is 4. The third-order valence-corrected chi connectivity index (χ3v) is 2.36. The first kappa shape index (κ1) is 20.5. The summed E-state index contributed by atoms with van der Waals surface area (Å²) >= 11 is 0. The highest BCUT2D eigenvalue weighted by molar-refractivity contribution is 5.60. The molecule has 0 aromatic carbocycles. The van der Waals surface area contributed by atoms with Gasteiger partial charge in [-0.1, -0.05) is 0 Å². The van der Waals surface area contributed by atoms with Gasteiger partial charge in [0.2, 0.25) is 0 Å². The molecule has 0 radical (unpaired) electrons. The molecule has 130 valence electrons. The number of hydrogen-bond acceptors (Lipinski definition) is 8. The van der Waals surface area contributed by atoms with Crippen LogP contribution in [0.2, 0.25) is 0 Å². The Labute approximate surface area is 130 Å². The van der Waals surface area contributed by atoms with Crippen LogP contribution < -0.4 is 0 Å². The van der Waals surface area contributed by atoms with E-state index in [1.165, 1.54) is 13.8 Å². The van der Waals surface area contributed by atoms with Crippen molar-refractivity contribution in [1.82, 2.24) is 0 Å². The van der Waals surface area contributed by atoms with Crippen molar-refractivity contribution in [3.8, 4) is 0 Å². The van der Waals surface area contributed by atoms with Crippen molar-refractivity contribution in [2.45, 2.75) is 51.7 Å². The van der Waals surface area contributed by atoms with Gasteiger partial charge in [0, 0.05) is 0 Å². The lowest BCUT2D eigenvalue weighted by atomic mass is 10.2. The molecular weight excluding hydrogens is 296 g/mol. The standard InChI is InChI=1S/C14H26O8/c1-11(15)9-21-13(17)19-7-5-3-4-6-8-20-14(18)22-10-12(2)16/h11-12,15-16H,3-10H2,1-2H3. The van der Waals surface area contributed by atoms with Crippen molar-refractivity contribution in [2.24, 2.45) is 0 Å². The molecule has 0 aromatic heterocycles. The topological polar surface area (TPSA) is 112 Å². The molecule has 0 aliphatic carbocycles. The van der Waals surface area contributed by atoms with E-state index in [1.54, 1.807) is 0 Å². The van der Waals surface area contributed by atoms with Crippen LogP contribution in [0.5, 0.6) is 0 Å². The Balaban J connectivity index is 3.30. The lowest BCUT2D eigenvalue weighted by Crippen LogP contribution is -2.16. The quantitative estimate of drug-likeness (QED) is 0.436. The van der Waals surface area contributed by atoms with E-state index < -0.39 is 24.5 Å². The second-order valence-corrected chi connectivity index (χ2v) is 4.93. The van der Waals surface area contributed by atoms with E-state index in [9.17, 15) is 9.59 Å². The number of rotatable bonds is 11. The fourth-order valence-electron chi connectivity index (χ4n) is 1.33. The van der Waals surface area contributed by atoms with Crippen molar-refractivity contribution in [3.63, 3.8) is 0 Å². The number of aliphatic hydroxyl groups is 2. The summed E-state index contributed by atoms with van der Waals surface area (Å²) in [6, 6.07) is 0. The molecule has 0 rings (SSSR count). The van der Waals surface area contributed by atoms with Crippen LogP contribution in [-0.2, 0) is 18.9 Å². The number of aliphatic hydroxyl groups excluding tert-OH is 2. The maximum atomic E-state index is 11.0. The van der Waals surface area contributed by atoms with Crippen LogP contribution in [0.1, 0.15) is 39.5 Å². The average Bonchev–Trinajstić information content (AvgIpc) is 2.45. The average molecular weight is 322 g/mol. The Morgan fingerprint density at radius 2 is 1.09 bits per heavy atom. The summed E-state index contributed by atoms with van der Waals surface area (Å²) in [5.74, 6) is 0. The highest BCUT2D eigenvalue weighted by Gasteiger charge is 2.06. The van der Waals surface area contributed by atoms with E-state index in [4.69, 9.17) is 19.7 Å². The Morgan fingerprint density at radius 1 is 0.727 bits per heavy atom. The Hall–Kier alpha value is -1.54. The Kier molecular flexibility index (Phi) is 12.2. The minimum atomic E-state index is -0.787. The zero-order chi connectivity index (χ0) is 16.8. The van der Waals surface area contributed by atoms with E-state index in [1.807, 2.05) is 0 Å². The van der Waals surface area contributed by atoms with E-state index >= 15 is 0 Å². The fraction of sp³-hybridized carbons (Fsp3) is 0.857. The van der Waals surface area contributed by atoms with Crippen molar-refractivity contribution >= 4 is 12.3 Å². The van der Waals surface area contributed by atoms with E-state index in [0.29, 0.717) is 12.8 Å². The first-order valence-electron chi connectivity index (χ1n) is 7.37. The van der Waals surface area contributed by atoms with Gasteiger partial charge in [-0.05, 0) is 39.5 Å². The molecule has 0 aliphatic rings. The number of hydrogen-bond donors (Lipinski definition) is 2. The Morgan fingerprint density at radius 3 is 1.41 bits per heavy atom. The molecule has 0 heterocycles. The van der Waals surface area contributed by atoms with Crippen LogP contribution in [0.15, 0.2) is 0 Å². The van der Waals surface area contributed by atoms with Gasteiger partial charge < -0.3 is 29.2 Å². The van der Waals surface area contributed by atoms with Crippen molar-refractivity contribution < 1.29 is 38.7 Å². The first-order valence-corrected chi connectivity index (χ1v) is 7.37. The van der Waals surface area contributed by atoms with Crippen LogP contribution in [0.4, 0.5) is 9.59 Å². The SMILES string of the molecule is CC(O)COC(=O)OCCCCCCOC(=O)OCC(C)O. The summed E-state index contributed by atoms with van der Waals surface area (Å²) in [4.78, 5) is 22.0. The summed E-state index contributed by atoms with van der Waals surface area (Å²) in [5.41, 5.74) is 0. The molecule has 8 nitrogen and oxygen atoms in total. The maximum Gasteiger partial charge on any atom is 0.508 e. The first-order chi connectivity index (χ1) is 10.4. The molecule has 0 saturated carbocycles. The molecule has 0 aromatic rings. The van der Waals surface area contributed by atoms with Gasteiger partial charge >= 0.3 is 12.3 Å². The van der Waals surface area contributed by atoms with Gasteiger partial charge in [0.1, 0.15) is 13.2 Å². The van der Waals surface area contributed by atoms with Gasteiger partial charge in [-0.2, -0.15) is 0 Å². The minimum absolute atomic E-state index is 0.0820. The largest absolute Gasteiger partial charge is 0.508 e. The van der Waals surface area contributed by atoms with Crippen molar-refractivity contribution in [3.05, 3.63) is 0 Å². The second-order valence-electron chi connectivity index (χ2n) is 4.93. The van der Waals surface area contributed by atoms with E-state index in [-0.39, 0.29) is 26.4 Å². The molecule has 8 heteroatoms. The molecule has 2 N–H and O–H groups in total. The molecular formula is C14H26O8. The van der Waals surface area contributed by atoms with Gasteiger partial charge in [0.25, 0.3) is 0 Å². The van der Waals surface area contributed by atoms with Gasteiger partial charge in [0.15, 0.2) is 0 Å². The number of carbonyl (C=O) groups is 2. The molecule has 0 fully saturated rings. The third-order valence-electron chi connectivity index (χ3n) is 2.36. The monoisotopic (exact) mass is 322 g/mol. The molecule has 0 aliphatic heterocycles. The normalized spacial score (nSPS) is 13.1. The molecule has 0 spiro atoms. The molecule has 22 heavy (non-hydrogen) atoms. The van der Waals surface area contributed by atoms with Crippen LogP contribution in [-0.4, -0.2) is 61.2 Å². The molecule has 0 bridgehead atoms. The minimum Gasteiger partial charge on any atom is -0.434 e. The number of unbranched alkanes of at least 4 members (excludes halogenated alkanes) is 3. The maximum absolute atomic E-state index is 11.0.